The number of nitriles is 1. The lowest BCUT2D eigenvalue weighted by atomic mass is 10.0. The summed E-state index contributed by atoms with van der Waals surface area (Å²) < 4.78 is 25.0. The lowest BCUT2D eigenvalue weighted by Gasteiger charge is -2.10. The zero-order valence-electron chi connectivity index (χ0n) is 7.54. The van der Waals surface area contributed by atoms with Crippen molar-refractivity contribution in [2.24, 2.45) is 0 Å². The summed E-state index contributed by atoms with van der Waals surface area (Å²) in [6, 6.07) is 1.71. The second-order valence-electron chi connectivity index (χ2n) is 2.72. The number of halogens is 3. The highest BCUT2D eigenvalue weighted by Gasteiger charge is 2.19. The van der Waals surface area contributed by atoms with E-state index in [0.717, 1.165) is 6.20 Å². The lowest BCUT2D eigenvalue weighted by Crippen LogP contribution is -2.04. The maximum Gasteiger partial charge on any atom is 0.265 e. The second kappa shape index (κ2) is 5.01. The number of hydrogen-bond donors (Lipinski definition) is 1. The molecule has 80 valence electrons. The average Bonchev–Trinajstić information content (AvgIpc) is 2.26. The standard InChI is InChI=1S/C9H7ClF2N2O/c10-1-5-6(9(11)12)3-14-8(2-13)7(5)4-15/h3,9,15H,1,4H2. The van der Waals surface area contributed by atoms with Gasteiger partial charge in [0.2, 0.25) is 0 Å². The monoisotopic (exact) mass is 232 g/mol. The molecule has 1 rings (SSSR count). The summed E-state index contributed by atoms with van der Waals surface area (Å²) in [5, 5.41) is 17.6. The minimum atomic E-state index is -2.72. The molecule has 0 radical (unpaired) electrons. The molecular formula is C9H7ClF2N2O. The molecule has 0 aliphatic rings. The van der Waals surface area contributed by atoms with Crippen LogP contribution < -0.4 is 0 Å². The van der Waals surface area contributed by atoms with Crippen LogP contribution in [0.3, 0.4) is 0 Å². The third-order valence-electron chi connectivity index (χ3n) is 1.96. The van der Waals surface area contributed by atoms with Gasteiger partial charge >= 0.3 is 0 Å². The highest BCUT2D eigenvalue weighted by Crippen LogP contribution is 2.27. The number of aliphatic hydroxyl groups excluding tert-OH is 1. The third-order valence-corrected chi connectivity index (χ3v) is 2.23. The molecule has 0 saturated heterocycles. The van der Waals surface area contributed by atoms with E-state index in [1.54, 1.807) is 6.07 Å². The molecule has 0 aliphatic carbocycles. The van der Waals surface area contributed by atoms with E-state index >= 15 is 0 Å². The number of alkyl halides is 3. The number of aromatic nitrogens is 1. The van der Waals surface area contributed by atoms with Crippen LogP contribution in [0.15, 0.2) is 6.20 Å². The molecule has 0 fully saturated rings. The van der Waals surface area contributed by atoms with E-state index in [0.29, 0.717) is 0 Å². The third kappa shape index (κ3) is 2.22. The lowest BCUT2D eigenvalue weighted by molar-refractivity contribution is 0.149. The maximum absolute atomic E-state index is 12.5. The Hall–Kier alpha value is -1.25. The van der Waals surface area contributed by atoms with Crippen molar-refractivity contribution in [2.45, 2.75) is 18.9 Å². The number of rotatable bonds is 3. The summed E-state index contributed by atoms with van der Waals surface area (Å²) in [4.78, 5) is 3.54. The number of aliphatic hydroxyl groups is 1. The van der Waals surface area contributed by atoms with Gasteiger partial charge in [-0.05, 0) is 5.56 Å². The molecule has 0 spiro atoms. The van der Waals surface area contributed by atoms with Crippen LogP contribution in [0.25, 0.3) is 0 Å². The molecule has 0 atom stereocenters. The Morgan fingerprint density at radius 2 is 2.20 bits per heavy atom. The second-order valence-corrected chi connectivity index (χ2v) is 2.99. The first-order chi connectivity index (χ1) is 7.15. The fourth-order valence-electron chi connectivity index (χ4n) is 1.22. The first kappa shape index (κ1) is 11.8. The van der Waals surface area contributed by atoms with Gasteiger partial charge in [-0.1, -0.05) is 0 Å². The van der Waals surface area contributed by atoms with E-state index in [1.807, 2.05) is 0 Å². The first-order valence-corrected chi connectivity index (χ1v) is 4.54. The highest BCUT2D eigenvalue weighted by atomic mass is 35.5. The van der Waals surface area contributed by atoms with Crippen molar-refractivity contribution in [1.29, 1.82) is 5.26 Å². The van der Waals surface area contributed by atoms with Crippen molar-refractivity contribution in [3.8, 4) is 6.07 Å². The molecule has 1 N–H and O–H groups in total. The number of hydrogen-bond acceptors (Lipinski definition) is 3. The molecule has 6 heteroatoms. The van der Waals surface area contributed by atoms with Gasteiger partial charge in [-0.2, -0.15) is 5.26 Å². The predicted molar refractivity (Wildman–Crippen MR) is 49.4 cm³/mol. The van der Waals surface area contributed by atoms with Gasteiger partial charge in [0.25, 0.3) is 6.43 Å². The number of pyridine rings is 1. The van der Waals surface area contributed by atoms with E-state index in [1.165, 1.54) is 0 Å². The summed E-state index contributed by atoms with van der Waals surface area (Å²) in [5.41, 5.74) is -0.253. The predicted octanol–water partition coefficient (Wildman–Crippen LogP) is 2.12. The Balaban J connectivity index is 3.42. The van der Waals surface area contributed by atoms with Gasteiger partial charge in [0.15, 0.2) is 0 Å². The Morgan fingerprint density at radius 3 is 2.60 bits per heavy atom. The van der Waals surface area contributed by atoms with Crippen molar-refractivity contribution in [1.82, 2.24) is 4.98 Å². The van der Waals surface area contributed by atoms with Crippen molar-refractivity contribution < 1.29 is 13.9 Å². The molecule has 15 heavy (non-hydrogen) atoms. The van der Waals surface area contributed by atoms with Crippen molar-refractivity contribution >= 4 is 11.6 Å². The minimum absolute atomic E-state index is 0.0717. The van der Waals surface area contributed by atoms with Crippen molar-refractivity contribution in [3.63, 3.8) is 0 Å². The fourth-order valence-corrected chi connectivity index (χ4v) is 1.54. The average molecular weight is 233 g/mol. The van der Waals surface area contributed by atoms with Gasteiger partial charge in [-0.15, -0.1) is 11.6 Å². The van der Waals surface area contributed by atoms with E-state index < -0.39 is 13.0 Å². The van der Waals surface area contributed by atoms with Gasteiger partial charge in [-0.25, -0.2) is 13.8 Å². The molecule has 0 amide bonds. The van der Waals surface area contributed by atoms with Crippen LogP contribution in [-0.2, 0) is 12.5 Å². The maximum atomic E-state index is 12.5. The molecule has 0 aromatic carbocycles. The smallest absolute Gasteiger partial charge is 0.265 e. The molecule has 3 nitrogen and oxygen atoms in total. The first-order valence-electron chi connectivity index (χ1n) is 4.01. The normalized spacial score (nSPS) is 10.4. The zero-order chi connectivity index (χ0) is 11.4. The van der Waals surface area contributed by atoms with Crippen LogP contribution in [0.5, 0.6) is 0 Å². The van der Waals surface area contributed by atoms with Crippen molar-refractivity contribution in [3.05, 3.63) is 28.6 Å². The van der Waals surface area contributed by atoms with Crippen LogP contribution in [-0.4, -0.2) is 10.1 Å². The van der Waals surface area contributed by atoms with Crippen LogP contribution >= 0.6 is 11.6 Å². The fraction of sp³-hybridized carbons (Fsp3) is 0.333. The van der Waals surface area contributed by atoms with E-state index in [4.69, 9.17) is 22.0 Å². The molecule has 0 bridgehead atoms. The number of nitrogens with zero attached hydrogens (tertiary/aromatic N) is 2. The summed E-state index contributed by atoms with van der Waals surface area (Å²) in [6.07, 6.45) is -1.80. The largest absolute Gasteiger partial charge is 0.392 e. The van der Waals surface area contributed by atoms with E-state index in [-0.39, 0.29) is 28.3 Å². The van der Waals surface area contributed by atoms with Gasteiger partial charge in [0.05, 0.1) is 6.61 Å². The Morgan fingerprint density at radius 1 is 1.53 bits per heavy atom. The van der Waals surface area contributed by atoms with Crippen LogP contribution in [0.1, 0.15) is 28.8 Å². The quantitative estimate of drug-likeness (QED) is 0.812. The van der Waals surface area contributed by atoms with E-state index in [2.05, 4.69) is 4.98 Å². The van der Waals surface area contributed by atoms with Crippen LogP contribution in [0, 0.1) is 11.3 Å². The van der Waals surface area contributed by atoms with Gasteiger partial charge < -0.3 is 5.11 Å². The van der Waals surface area contributed by atoms with Crippen molar-refractivity contribution in [2.75, 3.05) is 0 Å². The molecule has 1 heterocycles. The molecule has 0 aliphatic heterocycles. The summed E-state index contributed by atoms with van der Waals surface area (Å²) >= 11 is 5.51. The van der Waals surface area contributed by atoms with Crippen LogP contribution in [0.4, 0.5) is 8.78 Å². The highest BCUT2D eigenvalue weighted by molar-refractivity contribution is 6.17. The topological polar surface area (TPSA) is 56.9 Å². The Bertz CT molecular complexity index is 404. The van der Waals surface area contributed by atoms with Gasteiger partial charge in [0.1, 0.15) is 11.8 Å². The Labute approximate surface area is 89.9 Å². The summed E-state index contributed by atoms with van der Waals surface area (Å²) in [6.45, 7) is -0.529. The summed E-state index contributed by atoms with van der Waals surface area (Å²) in [7, 11) is 0. The SMILES string of the molecule is N#Cc1ncc(C(F)F)c(CCl)c1CO. The molecule has 1 aromatic heterocycles. The van der Waals surface area contributed by atoms with Crippen LogP contribution in [0.2, 0.25) is 0 Å². The van der Waals surface area contributed by atoms with Gasteiger partial charge in [-0.3, -0.25) is 0 Å². The molecular weight excluding hydrogens is 226 g/mol. The summed E-state index contributed by atoms with van der Waals surface area (Å²) in [5.74, 6) is -0.188. The van der Waals surface area contributed by atoms with Gasteiger partial charge in [0, 0.05) is 23.2 Å². The molecule has 1 aromatic rings. The molecule has 0 unspecified atom stereocenters. The van der Waals surface area contributed by atoms with E-state index in [9.17, 15) is 8.78 Å². The zero-order valence-corrected chi connectivity index (χ0v) is 8.30. The Kier molecular flexibility index (Phi) is 3.95. The minimum Gasteiger partial charge on any atom is -0.392 e. The molecule has 0 saturated carbocycles.